The summed E-state index contributed by atoms with van der Waals surface area (Å²) < 4.78 is 0.600. The average Bonchev–Trinajstić information content (AvgIpc) is 2.61. The van der Waals surface area contributed by atoms with Gasteiger partial charge in [0.1, 0.15) is 4.32 Å². The fourth-order valence-electron chi connectivity index (χ4n) is 1.31. The van der Waals surface area contributed by atoms with E-state index in [1.165, 1.54) is 16.7 Å². The SMILES string of the molecule is O=C1CSC(=S)N1CNc1ccc(Cl)c(Cl)c1. The van der Waals surface area contributed by atoms with Crippen LogP contribution in [0.15, 0.2) is 18.2 Å². The molecule has 0 radical (unpaired) electrons. The van der Waals surface area contributed by atoms with Crippen LogP contribution in [0.3, 0.4) is 0 Å². The van der Waals surface area contributed by atoms with Gasteiger partial charge in [-0.25, -0.2) is 0 Å². The molecule has 1 aliphatic rings. The molecule has 0 saturated carbocycles. The van der Waals surface area contributed by atoms with E-state index < -0.39 is 0 Å². The number of hydrogen-bond donors (Lipinski definition) is 1. The molecule has 0 aromatic heterocycles. The van der Waals surface area contributed by atoms with Crippen LogP contribution in [-0.2, 0) is 4.79 Å². The molecule has 17 heavy (non-hydrogen) atoms. The van der Waals surface area contributed by atoms with Crippen molar-refractivity contribution in [3.8, 4) is 0 Å². The number of amides is 1. The summed E-state index contributed by atoms with van der Waals surface area (Å²) in [5.74, 6) is 0.439. The number of nitrogens with zero attached hydrogens (tertiary/aromatic N) is 1. The van der Waals surface area contributed by atoms with Gasteiger partial charge in [-0.1, -0.05) is 47.2 Å². The highest BCUT2D eigenvalue weighted by molar-refractivity contribution is 8.23. The zero-order valence-corrected chi connectivity index (χ0v) is 11.7. The molecule has 1 fully saturated rings. The number of thioether (sulfide) groups is 1. The zero-order chi connectivity index (χ0) is 12.4. The third-order valence-electron chi connectivity index (χ3n) is 2.20. The summed E-state index contributed by atoms with van der Waals surface area (Å²) in [6.07, 6.45) is 0. The van der Waals surface area contributed by atoms with E-state index in [-0.39, 0.29) is 5.91 Å². The summed E-state index contributed by atoms with van der Waals surface area (Å²) in [4.78, 5) is 13.0. The van der Waals surface area contributed by atoms with Crippen LogP contribution in [0.25, 0.3) is 0 Å². The normalized spacial score (nSPS) is 15.5. The smallest absolute Gasteiger partial charge is 0.239 e. The quantitative estimate of drug-likeness (QED) is 0.869. The lowest BCUT2D eigenvalue weighted by Crippen LogP contribution is -2.33. The van der Waals surface area contributed by atoms with E-state index >= 15 is 0 Å². The molecular formula is C10H8Cl2N2OS2. The van der Waals surface area contributed by atoms with Crippen LogP contribution < -0.4 is 5.32 Å². The van der Waals surface area contributed by atoms with E-state index in [1.54, 1.807) is 18.2 Å². The standard InChI is InChI=1S/C10H8Cl2N2OS2/c11-7-2-1-6(3-8(7)12)13-5-14-9(15)4-17-10(14)16/h1-3,13H,4-5H2. The van der Waals surface area contributed by atoms with Crippen molar-refractivity contribution < 1.29 is 4.79 Å². The van der Waals surface area contributed by atoms with Crippen molar-refractivity contribution in [1.82, 2.24) is 4.90 Å². The van der Waals surface area contributed by atoms with Crippen LogP contribution in [0.1, 0.15) is 0 Å². The second-order valence-electron chi connectivity index (χ2n) is 3.34. The summed E-state index contributed by atoms with van der Waals surface area (Å²) in [6.45, 7) is 0.350. The first-order valence-electron chi connectivity index (χ1n) is 4.74. The number of thiocarbonyl (C=S) groups is 1. The summed E-state index contributed by atoms with van der Waals surface area (Å²) in [5.41, 5.74) is 0.798. The van der Waals surface area contributed by atoms with Crippen molar-refractivity contribution in [3.63, 3.8) is 0 Å². The lowest BCUT2D eigenvalue weighted by Gasteiger charge is -2.16. The Balaban J connectivity index is 2.00. The lowest BCUT2D eigenvalue weighted by molar-refractivity contribution is -0.123. The summed E-state index contributed by atoms with van der Waals surface area (Å²) in [6, 6.07) is 5.21. The van der Waals surface area contributed by atoms with Gasteiger partial charge in [-0.2, -0.15) is 0 Å². The molecule has 0 aliphatic carbocycles. The Morgan fingerprint density at radius 1 is 1.41 bits per heavy atom. The van der Waals surface area contributed by atoms with E-state index in [2.05, 4.69) is 5.32 Å². The third kappa shape index (κ3) is 3.04. The van der Waals surface area contributed by atoms with Crippen LogP contribution in [0, 0.1) is 0 Å². The fraction of sp³-hybridized carbons (Fsp3) is 0.200. The first-order valence-corrected chi connectivity index (χ1v) is 6.89. The maximum atomic E-state index is 11.5. The first kappa shape index (κ1) is 13.0. The van der Waals surface area contributed by atoms with Crippen molar-refractivity contribution >= 4 is 63.1 Å². The molecule has 1 aromatic rings. The maximum absolute atomic E-state index is 11.5. The molecule has 0 spiro atoms. The Morgan fingerprint density at radius 3 is 2.76 bits per heavy atom. The molecule has 0 atom stereocenters. The molecule has 7 heteroatoms. The second kappa shape index (κ2) is 5.44. The Morgan fingerprint density at radius 2 is 2.18 bits per heavy atom. The van der Waals surface area contributed by atoms with Crippen LogP contribution >= 0.6 is 47.2 Å². The number of rotatable bonds is 3. The topological polar surface area (TPSA) is 32.3 Å². The van der Waals surface area contributed by atoms with Gasteiger partial charge in [-0.3, -0.25) is 9.69 Å². The molecule has 1 amide bonds. The molecule has 0 bridgehead atoms. The monoisotopic (exact) mass is 306 g/mol. The van der Waals surface area contributed by atoms with Gasteiger partial charge in [0.2, 0.25) is 5.91 Å². The average molecular weight is 307 g/mol. The predicted molar refractivity (Wildman–Crippen MR) is 76.9 cm³/mol. The Hall–Kier alpha value is -0.490. The zero-order valence-electron chi connectivity index (χ0n) is 8.57. The maximum Gasteiger partial charge on any atom is 0.239 e. The van der Waals surface area contributed by atoms with Gasteiger partial charge in [0.25, 0.3) is 0 Å². The molecule has 1 N–H and O–H groups in total. The highest BCUT2D eigenvalue weighted by atomic mass is 35.5. The van der Waals surface area contributed by atoms with Crippen molar-refractivity contribution in [1.29, 1.82) is 0 Å². The minimum absolute atomic E-state index is 0.0209. The molecule has 1 saturated heterocycles. The summed E-state index contributed by atoms with van der Waals surface area (Å²) in [7, 11) is 0. The Kier molecular flexibility index (Phi) is 4.14. The third-order valence-corrected chi connectivity index (χ3v) is 4.37. The van der Waals surface area contributed by atoms with Crippen LogP contribution in [0.4, 0.5) is 5.69 Å². The number of carbonyl (C=O) groups is 1. The Bertz CT molecular complexity index is 465. The van der Waals surface area contributed by atoms with E-state index in [9.17, 15) is 4.79 Å². The van der Waals surface area contributed by atoms with Crippen molar-refractivity contribution in [2.75, 3.05) is 17.7 Å². The number of benzene rings is 1. The van der Waals surface area contributed by atoms with Crippen LogP contribution in [0.5, 0.6) is 0 Å². The number of halogens is 2. The minimum Gasteiger partial charge on any atom is -0.367 e. The van der Waals surface area contributed by atoms with E-state index in [0.29, 0.717) is 26.8 Å². The summed E-state index contributed by atoms with van der Waals surface area (Å²) >= 11 is 18.1. The minimum atomic E-state index is 0.0209. The van der Waals surface area contributed by atoms with Gasteiger partial charge in [0, 0.05) is 5.69 Å². The highest BCUT2D eigenvalue weighted by Crippen LogP contribution is 2.25. The molecule has 1 heterocycles. The van der Waals surface area contributed by atoms with E-state index in [4.69, 9.17) is 35.4 Å². The summed E-state index contributed by atoms with van der Waals surface area (Å²) in [5, 5.41) is 4.05. The van der Waals surface area contributed by atoms with E-state index in [1.807, 2.05) is 0 Å². The van der Waals surface area contributed by atoms with Gasteiger partial charge >= 0.3 is 0 Å². The number of carbonyl (C=O) groups excluding carboxylic acids is 1. The number of nitrogens with one attached hydrogen (secondary N) is 1. The lowest BCUT2D eigenvalue weighted by atomic mass is 10.3. The number of anilines is 1. The van der Waals surface area contributed by atoms with Crippen LogP contribution in [-0.4, -0.2) is 27.5 Å². The van der Waals surface area contributed by atoms with Gasteiger partial charge in [0.15, 0.2) is 0 Å². The first-order chi connectivity index (χ1) is 8.08. The van der Waals surface area contributed by atoms with Gasteiger partial charge in [0.05, 0.1) is 22.5 Å². The van der Waals surface area contributed by atoms with E-state index in [0.717, 1.165) is 5.69 Å². The van der Waals surface area contributed by atoms with Crippen molar-refractivity contribution in [2.24, 2.45) is 0 Å². The molecule has 90 valence electrons. The van der Waals surface area contributed by atoms with Crippen molar-refractivity contribution in [2.45, 2.75) is 0 Å². The van der Waals surface area contributed by atoms with Crippen LogP contribution in [0.2, 0.25) is 10.0 Å². The number of hydrogen-bond acceptors (Lipinski definition) is 4. The Labute approximate surface area is 118 Å². The largest absolute Gasteiger partial charge is 0.367 e. The fourth-order valence-corrected chi connectivity index (χ4v) is 2.68. The van der Waals surface area contributed by atoms with Gasteiger partial charge in [-0.05, 0) is 18.2 Å². The van der Waals surface area contributed by atoms with Gasteiger partial charge in [-0.15, -0.1) is 0 Å². The molecule has 1 aromatic carbocycles. The van der Waals surface area contributed by atoms with Crippen molar-refractivity contribution in [3.05, 3.63) is 28.2 Å². The molecule has 3 nitrogen and oxygen atoms in total. The predicted octanol–water partition coefficient (Wildman–Crippen LogP) is 3.22. The second-order valence-corrected chi connectivity index (χ2v) is 5.76. The van der Waals surface area contributed by atoms with Gasteiger partial charge < -0.3 is 5.32 Å². The molecular weight excluding hydrogens is 299 g/mol. The highest BCUT2D eigenvalue weighted by Gasteiger charge is 2.25. The molecule has 0 unspecified atom stereocenters. The molecule has 1 aliphatic heterocycles. The molecule has 2 rings (SSSR count).